The van der Waals surface area contributed by atoms with Crippen LogP contribution in [0.5, 0.6) is 0 Å². The molecule has 0 spiro atoms. The van der Waals surface area contributed by atoms with Gasteiger partial charge >= 0.3 is 18.4 Å². The summed E-state index contributed by atoms with van der Waals surface area (Å²) in [6.07, 6.45) is -8.16. The highest BCUT2D eigenvalue weighted by Gasteiger charge is 2.37. The molecule has 0 atom stereocenters. The number of rotatable bonds is 4. The molecule has 15 heteroatoms. The lowest BCUT2D eigenvalue weighted by Gasteiger charge is -2.24. The van der Waals surface area contributed by atoms with Crippen molar-refractivity contribution in [2.75, 3.05) is 19.6 Å². The Kier molecular flexibility index (Phi) is 7.48. The minimum atomic E-state index is -5.02. The maximum absolute atomic E-state index is 13.1. The molecule has 1 fully saturated rings. The maximum atomic E-state index is 13.1. The van der Waals surface area contributed by atoms with Crippen LogP contribution < -0.4 is 0 Å². The van der Waals surface area contributed by atoms with Crippen molar-refractivity contribution in [3.05, 3.63) is 46.6 Å². The van der Waals surface area contributed by atoms with Gasteiger partial charge in [-0.05, 0) is 43.0 Å². The fraction of sp³-hybridized carbons (Fsp3) is 0.545. The Morgan fingerprint density at radius 3 is 2.08 bits per heavy atom. The number of carbonyl (C=O) groups is 1. The summed E-state index contributed by atoms with van der Waals surface area (Å²) in [6.45, 7) is 0.390. The number of hydrogen-bond acceptors (Lipinski definition) is 5. The number of fused-ring (bicyclic) bond motifs is 1. The Morgan fingerprint density at radius 2 is 1.49 bits per heavy atom. The third-order valence-electron chi connectivity index (χ3n) is 6.18. The van der Waals surface area contributed by atoms with Gasteiger partial charge in [-0.3, -0.25) is 4.68 Å². The fourth-order valence-corrected chi connectivity index (χ4v) is 5.78. The summed E-state index contributed by atoms with van der Waals surface area (Å²) in [5, 5.41) is 4.07. The molecule has 2 aliphatic rings. The molecule has 37 heavy (non-hydrogen) atoms. The van der Waals surface area contributed by atoms with Crippen LogP contribution in [0.3, 0.4) is 0 Å². The largest absolute Gasteiger partial charge is 0.445 e. The van der Waals surface area contributed by atoms with E-state index in [0.717, 1.165) is 19.3 Å². The number of nitrogens with zero attached hydrogens (tertiary/aromatic N) is 4. The smallest absolute Gasteiger partial charge is 0.416 e. The zero-order chi connectivity index (χ0) is 27.0. The van der Waals surface area contributed by atoms with E-state index in [2.05, 4.69) is 5.10 Å². The van der Waals surface area contributed by atoms with Gasteiger partial charge in [0.1, 0.15) is 6.61 Å². The number of sulfonamides is 1. The number of halogens is 6. The van der Waals surface area contributed by atoms with Crippen molar-refractivity contribution in [3.63, 3.8) is 0 Å². The number of hydrogen-bond donors (Lipinski definition) is 0. The van der Waals surface area contributed by atoms with Gasteiger partial charge in [-0.15, -0.1) is 0 Å². The Bertz CT molecular complexity index is 1220. The molecule has 0 unspecified atom stereocenters. The highest BCUT2D eigenvalue weighted by atomic mass is 32.2. The van der Waals surface area contributed by atoms with Gasteiger partial charge in [-0.1, -0.05) is 6.42 Å². The highest BCUT2D eigenvalue weighted by molar-refractivity contribution is 7.89. The van der Waals surface area contributed by atoms with Crippen LogP contribution in [0.15, 0.2) is 29.3 Å². The second-order valence-corrected chi connectivity index (χ2v) is 10.8. The van der Waals surface area contributed by atoms with Gasteiger partial charge in [-0.25, -0.2) is 13.2 Å². The van der Waals surface area contributed by atoms with Crippen LogP contribution in [-0.4, -0.2) is 53.1 Å². The number of amides is 1. The standard InChI is InChI=1S/C22H24F6N4O4S/c23-21(24,25)16-9-15(10-17(11-16)22(26,27)28)14-36-20(33)30-5-4-8-32-18(13-30)12-19(29-32)37(34,35)31-6-2-1-3-7-31/h9-12H,1-8,13-14H2. The summed E-state index contributed by atoms with van der Waals surface area (Å²) in [7, 11) is -3.80. The summed E-state index contributed by atoms with van der Waals surface area (Å²) >= 11 is 0. The normalized spacial score (nSPS) is 17.8. The first-order valence-corrected chi connectivity index (χ1v) is 13.0. The molecule has 3 heterocycles. The quantitative estimate of drug-likeness (QED) is 0.515. The molecule has 8 nitrogen and oxygen atoms in total. The van der Waals surface area contributed by atoms with Gasteiger partial charge in [0.05, 0.1) is 23.4 Å². The molecule has 204 valence electrons. The van der Waals surface area contributed by atoms with Crippen molar-refractivity contribution in [1.82, 2.24) is 19.0 Å². The zero-order valence-corrected chi connectivity index (χ0v) is 20.3. The SMILES string of the molecule is O=C(OCc1cc(C(F)(F)F)cc(C(F)(F)F)c1)N1CCCn2nc(S(=O)(=O)N3CCCCC3)cc2C1. The molecule has 1 aromatic heterocycles. The van der Waals surface area contributed by atoms with E-state index in [0.29, 0.717) is 43.9 Å². The minimum absolute atomic E-state index is 0.00317. The van der Waals surface area contributed by atoms with Gasteiger partial charge in [0, 0.05) is 32.2 Å². The molecular formula is C22H24F6N4O4S. The molecule has 0 bridgehead atoms. The van der Waals surface area contributed by atoms with Gasteiger partial charge < -0.3 is 9.64 Å². The number of aryl methyl sites for hydroxylation is 1. The number of carbonyl (C=O) groups excluding carboxylic acids is 1. The van der Waals surface area contributed by atoms with Crippen molar-refractivity contribution < 1.29 is 44.3 Å². The Hall–Kier alpha value is -2.81. The molecule has 1 saturated heterocycles. The first-order valence-electron chi connectivity index (χ1n) is 11.5. The average molecular weight is 555 g/mol. The van der Waals surface area contributed by atoms with Crippen molar-refractivity contribution in [2.45, 2.75) is 62.8 Å². The molecule has 1 aromatic carbocycles. The number of ether oxygens (including phenoxy) is 1. The molecule has 0 saturated carbocycles. The number of benzene rings is 1. The fourth-order valence-electron chi connectivity index (χ4n) is 4.29. The Balaban J connectivity index is 1.47. The number of aromatic nitrogens is 2. The van der Waals surface area contributed by atoms with E-state index in [4.69, 9.17) is 4.74 Å². The first-order chi connectivity index (χ1) is 17.2. The third kappa shape index (κ3) is 6.20. The summed E-state index contributed by atoms with van der Waals surface area (Å²) in [4.78, 5) is 13.9. The van der Waals surface area contributed by atoms with Crippen molar-refractivity contribution in [3.8, 4) is 0 Å². The lowest BCUT2D eigenvalue weighted by atomic mass is 10.1. The topological polar surface area (TPSA) is 84.7 Å². The Labute approximate surface area is 208 Å². The third-order valence-corrected chi connectivity index (χ3v) is 7.95. The van der Waals surface area contributed by atoms with Gasteiger partial charge in [0.2, 0.25) is 0 Å². The molecule has 4 rings (SSSR count). The Morgan fingerprint density at radius 1 is 0.865 bits per heavy atom. The van der Waals surface area contributed by atoms with Crippen LogP contribution in [0.4, 0.5) is 31.1 Å². The van der Waals surface area contributed by atoms with Crippen LogP contribution >= 0.6 is 0 Å². The summed E-state index contributed by atoms with van der Waals surface area (Å²) in [6, 6.07) is 2.37. The zero-order valence-electron chi connectivity index (χ0n) is 19.5. The molecule has 1 amide bonds. The van der Waals surface area contributed by atoms with Crippen LogP contribution in [0.2, 0.25) is 0 Å². The van der Waals surface area contributed by atoms with Crippen LogP contribution in [0.1, 0.15) is 48.1 Å². The van der Waals surface area contributed by atoms with E-state index in [1.807, 2.05) is 0 Å². The minimum Gasteiger partial charge on any atom is -0.445 e. The van der Waals surface area contributed by atoms with Crippen molar-refractivity contribution in [2.24, 2.45) is 0 Å². The molecule has 0 radical (unpaired) electrons. The van der Waals surface area contributed by atoms with Crippen LogP contribution in [-0.2, 0) is 46.8 Å². The molecular weight excluding hydrogens is 530 g/mol. The van der Waals surface area contributed by atoms with E-state index < -0.39 is 51.8 Å². The van der Waals surface area contributed by atoms with Gasteiger partial charge in [0.25, 0.3) is 10.0 Å². The van der Waals surface area contributed by atoms with Gasteiger partial charge in [-0.2, -0.15) is 35.7 Å². The van der Waals surface area contributed by atoms with E-state index in [1.165, 1.54) is 20.0 Å². The van der Waals surface area contributed by atoms with Gasteiger partial charge in [0.15, 0.2) is 5.03 Å². The van der Waals surface area contributed by atoms with E-state index in [9.17, 15) is 39.6 Å². The highest BCUT2D eigenvalue weighted by Crippen LogP contribution is 2.36. The second kappa shape index (κ2) is 10.2. The van der Waals surface area contributed by atoms with E-state index in [-0.39, 0.29) is 24.2 Å². The predicted octanol–water partition coefficient (Wildman–Crippen LogP) is 4.64. The maximum Gasteiger partial charge on any atom is 0.416 e. The molecule has 2 aromatic rings. The number of alkyl halides is 6. The molecule has 0 N–H and O–H groups in total. The molecule has 2 aliphatic heterocycles. The monoisotopic (exact) mass is 554 g/mol. The molecule has 0 aliphatic carbocycles. The lowest BCUT2D eigenvalue weighted by molar-refractivity contribution is -0.143. The van der Waals surface area contributed by atoms with E-state index in [1.54, 1.807) is 0 Å². The number of piperidine rings is 1. The van der Waals surface area contributed by atoms with Crippen molar-refractivity contribution in [1.29, 1.82) is 0 Å². The summed E-state index contributed by atoms with van der Waals surface area (Å²) < 4.78 is 112. The van der Waals surface area contributed by atoms with Crippen molar-refractivity contribution >= 4 is 16.1 Å². The summed E-state index contributed by atoms with van der Waals surface area (Å²) in [5.74, 6) is 0. The van der Waals surface area contributed by atoms with E-state index >= 15 is 0 Å². The van der Waals surface area contributed by atoms with Crippen LogP contribution in [0.25, 0.3) is 0 Å². The predicted molar refractivity (Wildman–Crippen MR) is 116 cm³/mol. The van der Waals surface area contributed by atoms with Crippen LogP contribution in [0, 0.1) is 0 Å². The average Bonchev–Trinajstić information content (AvgIpc) is 3.14. The lowest BCUT2D eigenvalue weighted by Crippen LogP contribution is -2.35. The first kappa shape index (κ1) is 27.2. The summed E-state index contributed by atoms with van der Waals surface area (Å²) in [5.41, 5.74) is -3.06. The second-order valence-electron chi connectivity index (χ2n) is 8.91.